The molecule has 1 heterocycles. The minimum Gasteiger partial charge on any atom is -0.462 e. The van der Waals surface area contributed by atoms with Crippen LogP contribution in [-0.2, 0) is 11.2 Å². The fourth-order valence-corrected chi connectivity index (χ4v) is 5.41. The van der Waals surface area contributed by atoms with Gasteiger partial charge in [-0.15, -0.1) is 11.3 Å². The van der Waals surface area contributed by atoms with Gasteiger partial charge in [-0.2, -0.15) is 0 Å². The number of carbonyl (C=O) groups is 2. The van der Waals surface area contributed by atoms with Crippen LogP contribution in [0.25, 0.3) is 0 Å². The first kappa shape index (κ1) is 17.4. The second-order valence-electron chi connectivity index (χ2n) is 5.59. The van der Waals surface area contributed by atoms with Gasteiger partial charge in [-0.3, -0.25) is 4.79 Å². The van der Waals surface area contributed by atoms with Gasteiger partial charge in [-0.1, -0.05) is 18.2 Å². The Bertz CT molecular complexity index is 757. The van der Waals surface area contributed by atoms with Crippen LogP contribution in [-0.4, -0.2) is 18.5 Å². The molecule has 0 saturated heterocycles. The average Bonchev–Trinajstić information content (AvgIpc) is 2.93. The summed E-state index contributed by atoms with van der Waals surface area (Å²) < 4.78 is 6.16. The van der Waals surface area contributed by atoms with Crippen molar-refractivity contribution in [3.8, 4) is 0 Å². The number of benzene rings is 1. The molecule has 6 heteroatoms. The third-order valence-corrected chi connectivity index (χ3v) is 6.30. The summed E-state index contributed by atoms with van der Waals surface area (Å²) >= 11 is 3.83. The number of amides is 1. The summed E-state index contributed by atoms with van der Waals surface area (Å²) in [5.41, 5.74) is 2.22. The molecule has 1 aliphatic carbocycles. The maximum absolute atomic E-state index is 12.5. The smallest absolute Gasteiger partial charge is 0.340 e. The number of thiophene rings is 1. The first-order chi connectivity index (χ1) is 11.6. The average molecular weight is 455 g/mol. The Morgan fingerprint density at radius 1 is 1.33 bits per heavy atom. The highest BCUT2D eigenvalue weighted by molar-refractivity contribution is 14.1. The summed E-state index contributed by atoms with van der Waals surface area (Å²) in [5.74, 6) is -0.398. The van der Waals surface area contributed by atoms with E-state index in [1.807, 2.05) is 18.2 Å². The lowest BCUT2D eigenvalue weighted by Crippen LogP contribution is -2.31. The van der Waals surface area contributed by atoms with Crippen LogP contribution in [0, 0.1) is 2.88 Å². The molecule has 126 valence electrons. The summed E-state index contributed by atoms with van der Waals surface area (Å²) in [5, 5.41) is 3.10. The number of esters is 1. The van der Waals surface area contributed by atoms with Crippen LogP contribution in [0.3, 0.4) is 0 Å². The Balaban J connectivity index is 1.91. The number of rotatable bonds is 4. The van der Waals surface area contributed by atoms with Gasteiger partial charge in [0.2, 0.25) is 0 Å². The van der Waals surface area contributed by atoms with E-state index in [4.69, 9.17) is 4.74 Å². The Labute approximate surface area is 158 Å². The molecule has 1 amide bonds. The minimum atomic E-state index is -0.291. The van der Waals surface area contributed by atoms with Crippen LogP contribution in [0.1, 0.15) is 57.0 Å². The Morgan fingerprint density at radius 3 is 2.79 bits per heavy atom. The van der Waals surface area contributed by atoms with E-state index in [0.29, 0.717) is 17.7 Å². The highest BCUT2D eigenvalue weighted by atomic mass is 127. The molecule has 24 heavy (non-hydrogen) atoms. The quantitative estimate of drug-likeness (QED) is 0.552. The highest BCUT2D eigenvalue weighted by Crippen LogP contribution is 2.40. The third kappa shape index (κ3) is 3.49. The van der Waals surface area contributed by atoms with Crippen molar-refractivity contribution in [3.05, 3.63) is 54.8 Å². The molecule has 4 nitrogen and oxygen atoms in total. The molecule has 0 saturated carbocycles. The number of halogens is 1. The largest absolute Gasteiger partial charge is 0.462 e. The Hall–Kier alpha value is -1.41. The maximum Gasteiger partial charge on any atom is 0.340 e. The number of nitrogens with one attached hydrogen (secondary N) is 1. The number of hydrogen-bond donors (Lipinski definition) is 1. The highest BCUT2D eigenvalue weighted by Gasteiger charge is 2.32. The molecule has 1 aliphatic rings. The Morgan fingerprint density at radius 2 is 2.08 bits per heavy atom. The zero-order chi connectivity index (χ0) is 17.1. The van der Waals surface area contributed by atoms with Gasteiger partial charge in [0.1, 0.15) is 0 Å². The van der Waals surface area contributed by atoms with Crippen molar-refractivity contribution in [2.24, 2.45) is 0 Å². The number of aryl methyl sites for hydroxylation is 1. The third-order valence-electron chi connectivity index (χ3n) is 4.05. The van der Waals surface area contributed by atoms with Gasteiger partial charge in [-0.25, -0.2) is 4.79 Å². The molecule has 1 aromatic carbocycles. The maximum atomic E-state index is 12.5. The SMILES string of the molecule is CCOC(=O)c1c(I)sc2c1C(NC(=O)c1ccccc1)CCC2. The molecule has 1 unspecified atom stereocenters. The summed E-state index contributed by atoms with van der Waals surface area (Å²) in [4.78, 5) is 26.1. The van der Waals surface area contributed by atoms with E-state index < -0.39 is 0 Å². The van der Waals surface area contributed by atoms with Crippen molar-refractivity contribution < 1.29 is 14.3 Å². The first-order valence-electron chi connectivity index (χ1n) is 7.96. The Kier molecular flexibility index (Phi) is 5.55. The van der Waals surface area contributed by atoms with E-state index >= 15 is 0 Å². The molecule has 0 spiro atoms. The van der Waals surface area contributed by atoms with Crippen molar-refractivity contribution in [3.63, 3.8) is 0 Å². The van der Waals surface area contributed by atoms with Crippen molar-refractivity contribution in [2.75, 3.05) is 6.61 Å². The topological polar surface area (TPSA) is 55.4 Å². The standard InChI is InChI=1S/C18H18INO3S/c1-2-23-18(22)15-14-12(9-6-10-13(14)24-16(15)19)20-17(21)11-7-4-3-5-8-11/h3-5,7-8,12H,2,6,9-10H2,1H3,(H,20,21). The molecule has 1 atom stereocenters. The first-order valence-corrected chi connectivity index (χ1v) is 9.85. The van der Waals surface area contributed by atoms with Gasteiger partial charge >= 0.3 is 5.97 Å². The molecule has 2 aromatic rings. The van der Waals surface area contributed by atoms with Crippen LogP contribution in [0.2, 0.25) is 0 Å². The molecule has 0 fully saturated rings. The fourth-order valence-electron chi connectivity index (χ4n) is 2.99. The lowest BCUT2D eigenvalue weighted by atomic mass is 9.90. The van der Waals surface area contributed by atoms with E-state index in [9.17, 15) is 9.59 Å². The lowest BCUT2D eigenvalue weighted by Gasteiger charge is -2.25. The van der Waals surface area contributed by atoms with E-state index in [0.717, 1.165) is 27.7 Å². The molecular weight excluding hydrogens is 437 g/mol. The van der Waals surface area contributed by atoms with E-state index in [1.54, 1.807) is 30.4 Å². The van der Waals surface area contributed by atoms with E-state index in [1.165, 1.54) is 4.88 Å². The second kappa shape index (κ2) is 7.65. The fraction of sp³-hybridized carbons (Fsp3) is 0.333. The molecular formula is C18H18INO3S. The lowest BCUT2D eigenvalue weighted by molar-refractivity contribution is 0.0522. The second-order valence-corrected chi connectivity index (χ2v) is 8.51. The van der Waals surface area contributed by atoms with Crippen molar-refractivity contribution in [1.29, 1.82) is 0 Å². The minimum absolute atomic E-state index is 0.107. The van der Waals surface area contributed by atoms with Gasteiger partial charge in [0.25, 0.3) is 5.91 Å². The van der Waals surface area contributed by atoms with Crippen LogP contribution in [0.4, 0.5) is 0 Å². The summed E-state index contributed by atoms with van der Waals surface area (Å²) in [7, 11) is 0. The number of ether oxygens (including phenoxy) is 1. The van der Waals surface area contributed by atoms with Crippen LogP contribution < -0.4 is 5.32 Å². The van der Waals surface area contributed by atoms with E-state index in [2.05, 4.69) is 27.9 Å². The van der Waals surface area contributed by atoms with Gasteiger partial charge in [0.15, 0.2) is 0 Å². The predicted octanol–water partition coefficient (Wildman–Crippen LogP) is 4.34. The van der Waals surface area contributed by atoms with Crippen LogP contribution in [0.15, 0.2) is 30.3 Å². The van der Waals surface area contributed by atoms with E-state index in [-0.39, 0.29) is 17.9 Å². The summed E-state index contributed by atoms with van der Waals surface area (Å²) in [6.07, 6.45) is 2.80. The van der Waals surface area contributed by atoms with Gasteiger partial charge in [0, 0.05) is 16.0 Å². The van der Waals surface area contributed by atoms with Crippen molar-refractivity contribution in [1.82, 2.24) is 5.32 Å². The zero-order valence-electron chi connectivity index (χ0n) is 13.3. The summed E-state index contributed by atoms with van der Waals surface area (Å²) in [6, 6.07) is 9.03. The van der Waals surface area contributed by atoms with Gasteiger partial charge < -0.3 is 10.1 Å². The normalized spacial score (nSPS) is 16.3. The van der Waals surface area contributed by atoms with Crippen molar-refractivity contribution >= 4 is 45.8 Å². The number of hydrogen-bond acceptors (Lipinski definition) is 4. The summed E-state index contributed by atoms with van der Waals surface area (Å²) in [6.45, 7) is 2.15. The van der Waals surface area contributed by atoms with Gasteiger partial charge in [0.05, 0.1) is 21.1 Å². The van der Waals surface area contributed by atoms with Gasteiger partial charge in [-0.05, 0) is 60.9 Å². The molecule has 0 bridgehead atoms. The molecule has 0 aliphatic heterocycles. The molecule has 0 radical (unpaired) electrons. The van der Waals surface area contributed by atoms with Crippen LogP contribution >= 0.6 is 33.9 Å². The number of fused-ring (bicyclic) bond motifs is 1. The molecule has 3 rings (SSSR count). The zero-order valence-corrected chi connectivity index (χ0v) is 16.3. The van der Waals surface area contributed by atoms with Crippen molar-refractivity contribution in [2.45, 2.75) is 32.2 Å². The predicted molar refractivity (Wildman–Crippen MR) is 103 cm³/mol. The number of carbonyl (C=O) groups excluding carboxylic acids is 2. The molecule has 1 aromatic heterocycles. The monoisotopic (exact) mass is 455 g/mol. The van der Waals surface area contributed by atoms with Crippen LogP contribution in [0.5, 0.6) is 0 Å². The molecule has 1 N–H and O–H groups in total.